The molecular formula is C10H14N2OS. The van der Waals surface area contributed by atoms with Gasteiger partial charge in [-0.1, -0.05) is 6.58 Å². The van der Waals surface area contributed by atoms with Crippen LogP contribution >= 0.6 is 11.3 Å². The maximum atomic E-state index is 10.8. The predicted octanol–water partition coefficient (Wildman–Crippen LogP) is 1.69. The predicted molar refractivity (Wildman–Crippen MR) is 58.4 cm³/mol. The van der Waals surface area contributed by atoms with Crippen molar-refractivity contribution in [2.24, 2.45) is 0 Å². The van der Waals surface area contributed by atoms with Gasteiger partial charge in [-0.25, -0.2) is 4.98 Å². The van der Waals surface area contributed by atoms with Crippen molar-refractivity contribution in [2.45, 2.75) is 19.8 Å². The second-order valence-corrected chi connectivity index (χ2v) is 3.90. The minimum absolute atomic E-state index is 0.106. The van der Waals surface area contributed by atoms with E-state index in [0.29, 0.717) is 6.54 Å². The van der Waals surface area contributed by atoms with Gasteiger partial charge in [0.05, 0.1) is 11.2 Å². The van der Waals surface area contributed by atoms with Gasteiger partial charge in [0.25, 0.3) is 0 Å². The molecule has 0 fully saturated rings. The highest BCUT2D eigenvalue weighted by Crippen LogP contribution is 2.13. The summed E-state index contributed by atoms with van der Waals surface area (Å²) in [7, 11) is 0. The molecule has 1 aromatic rings. The van der Waals surface area contributed by atoms with E-state index in [0.717, 1.165) is 18.5 Å². The lowest BCUT2D eigenvalue weighted by atomic mass is 10.2. The third-order valence-electron chi connectivity index (χ3n) is 1.91. The maximum absolute atomic E-state index is 10.8. The molecule has 4 heteroatoms. The Balaban J connectivity index is 2.19. The number of aromatic nitrogens is 1. The molecule has 1 heterocycles. The Morgan fingerprint density at radius 3 is 3.14 bits per heavy atom. The first-order valence-electron chi connectivity index (χ1n) is 4.53. The van der Waals surface area contributed by atoms with Gasteiger partial charge in [-0.15, -0.1) is 11.3 Å². The first-order chi connectivity index (χ1) is 6.74. The smallest absolute Gasteiger partial charge is 0.243 e. The van der Waals surface area contributed by atoms with Crippen molar-refractivity contribution < 1.29 is 4.79 Å². The summed E-state index contributed by atoms with van der Waals surface area (Å²) in [4.78, 5) is 16.3. The first kappa shape index (κ1) is 10.9. The molecule has 0 unspecified atom stereocenters. The molecule has 1 rings (SSSR count). The molecule has 0 aliphatic heterocycles. The van der Waals surface area contributed by atoms with Gasteiger partial charge < -0.3 is 5.32 Å². The third-order valence-corrected chi connectivity index (χ3v) is 2.90. The van der Waals surface area contributed by atoms with E-state index in [4.69, 9.17) is 0 Å². The van der Waals surface area contributed by atoms with Gasteiger partial charge in [0.2, 0.25) is 5.91 Å². The Hall–Kier alpha value is -1.16. The van der Waals surface area contributed by atoms with Crippen LogP contribution in [0.2, 0.25) is 0 Å². The van der Waals surface area contributed by atoms with Crippen molar-refractivity contribution in [3.05, 3.63) is 28.7 Å². The van der Waals surface area contributed by atoms with Gasteiger partial charge in [0, 0.05) is 11.4 Å². The molecule has 0 aliphatic rings. The molecule has 0 saturated carbocycles. The van der Waals surface area contributed by atoms with E-state index in [2.05, 4.69) is 16.9 Å². The van der Waals surface area contributed by atoms with E-state index in [9.17, 15) is 4.79 Å². The molecule has 0 saturated heterocycles. The lowest BCUT2D eigenvalue weighted by Gasteiger charge is -2.00. The molecule has 0 aliphatic carbocycles. The number of hydrogen-bond donors (Lipinski definition) is 1. The quantitative estimate of drug-likeness (QED) is 0.593. The fourth-order valence-electron chi connectivity index (χ4n) is 1.10. The van der Waals surface area contributed by atoms with Crippen LogP contribution in [0.4, 0.5) is 0 Å². The van der Waals surface area contributed by atoms with Gasteiger partial charge in [-0.05, 0) is 25.8 Å². The molecule has 0 spiro atoms. The summed E-state index contributed by atoms with van der Waals surface area (Å²) < 4.78 is 0. The number of hydrogen-bond acceptors (Lipinski definition) is 3. The van der Waals surface area contributed by atoms with Crippen molar-refractivity contribution in [3.8, 4) is 0 Å². The molecule has 1 amide bonds. The van der Waals surface area contributed by atoms with E-state index < -0.39 is 0 Å². The van der Waals surface area contributed by atoms with Crippen LogP contribution in [0.1, 0.15) is 17.0 Å². The molecule has 1 N–H and O–H groups in total. The van der Waals surface area contributed by atoms with Gasteiger partial charge in [0.1, 0.15) is 0 Å². The van der Waals surface area contributed by atoms with Crippen molar-refractivity contribution in [3.63, 3.8) is 0 Å². The Morgan fingerprint density at radius 2 is 2.57 bits per heavy atom. The molecule has 76 valence electrons. The molecule has 0 radical (unpaired) electrons. The van der Waals surface area contributed by atoms with E-state index in [1.165, 1.54) is 11.0 Å². The van der Waals surface area contributed by atoms with E-state index in [1.807, 2.05) is 12.4 Å². The van der Waals surface area contributed by atoms with Crippen LogP contribution in [-0.2, 0) is 11.2 Å². The normalized spacial score (nSPS) is 9.79. The van der Waals surface area contributed by atoms with Crippen LogP contribution in [0.15, 0.2) is 18.2 Å². The minimum Gasteiger partial charge on any atom is -0.353 e. The fraction of sp³-hybridized carbons (Fsp3) is 0.400. The SMILES string of the molecule is C=CC(=O)NCCCc1scnc1C. The zero-order chi connectivity index (χ0) is 10.4. The van der Waals surface area contributed by atoms with Crippen LogP contribution < -0.4 is 5.32 Å². The standard InChI is InChI=1S/C10H14N2OS/c1-3-10(13)11-6-4-5-9-8(2)12-7-14-9/h3,7H,1,4-6H2,2H3,(H,11,13). The van der Waals surface area contributed by atoms with Crippen LogP contribution in [0.5, 0.6) is 0 Å². The second kappa shape index (κ2) is 5.54. The monoisotopic (exact) mass is 210 g/mol. The maximum Gasteiger partial charge on any atom is 0.243 e. The number of thiazole rings is 1. The average molecular weight is 210 g/mol. The Kier molecular flexibility index (Phi) is 4.32. The lowest BCUT2D eigenvalue weighted by Crippen LogP contribution is -2.22. The summed E-state index contributed by atoms with van der Waals surface area (Å²) in [5.74, 6) is -0.106. The van der Waals surface area contributed by atoms with Gasteiger partial charge >= 0.3 is 0 Å². The number of nitrogens with one attached hydrogen (secondary N) is 1. The minimum atomic E-state index is -0.106. The summed E-state index contributed by atoms with van der Waals surface area (Å²) >= 11 is 1.67. The molecule has 14 heavy (non-hydrogen) atoms. The third kappa shape index (κ3) is 3.30. The number of aryl methyl sites for hydroxylation is 2. The van der Waals surface area contributed by atoms with Crippen molar-refractivity contribution >= 4 is 17.2 Å². The Morgan fingerprint density at radius 1 is 1.79 bits per heavy atom. The van der Waals surface area contributed by atoms with E-state index >= 15 is 0 Å². The molecule has 1 aromatic heterocycles. The molecular weight excluding hydrogens is 196 g/mol. The van der Waals surface area contributed by atoms with Crippen molar-refractivity contribution in [1.82, 2.24) is 10.3 Å². The summed E-state index contributed by atoms with van der Waals surface area (Å²) in [5.41, 5.74) is 2.96. The van der Waals surface area contributed by atoms with Crippen molar-refractivity contribution in [1.29, 1.82) is 0 Å². The molecule has 0 aromatic carbocycles. The van der Waals surface area contributed by atoms with E-state index in [1.54, 1.807) is 11.3 Å². The number of carbonyl (C=O) groups is 1. The molecule has 0 atom stereocenters. The highest BCUT2D eigenvalue weighted by atomic mass is 32.1. The van der Waals surface area contributed by atoms with Gasteiger partial charge in [0.15, 0.2) is 0 Å². The van der Waals surface area contributed by atoms with Gasteiger partial charge in [-0.3, -0.25) is 4.79 Å². The zero-order valence-corrected chi connectivity index (χ0v) is 9.06. The number of amides is 1. The van der Waals surface area contributed by atoms with E-state index in [-0.39, 0.29) is 5.91 Å². The highest BCUT2D eigenvalue weighted by Gasteiger charge is 2.00. The second-order valence-electron chi connectivity index (χ2n) is 2.96. The molecule has 0 bridgehead atoms. The topological polar surface area (TPSA) is 42.0 Å². The zero-order valence-electron chi connectivity index (χ0n) is 8.25. The van der Waals surface area contributed by atoms with Crippen molar-refractivity contribution in [2.75, 3.05) is 6.54 Å². The Bertz CT molecular complexity index is 320. The average Bonchev–Trinajstić information content (AvgIpc) is 2.58. The highest BCUT2D eigenvalue weighted by molar-refractivity contribution is 7.09. The molecule has 3 nitrogen and oxygen atoms in total. The fourth-order valence-corrected chi connectivity index (χ4v) is 1.92. The van der Waals surface area contributed by atoms with Crippen LogP contribution in [-0.4, -0.2) is 17.4 Å². The van der Waals surface area contributed by atoms with Crippen LogP contribution in [0.25, 0.3) is 0 Å². The number of carbonyl (C=O) groups excluding carboxylic acids is 1. The first-order valence-corrected chi connectivity index (χ1v) is 5.41. The number of rotatable bonds is 5. The lowest BCUT2D eigenvalue weighted by molar-refractivity contribution is -0.116. The summed E-state index contributed by atoms with van der Waals surface area (Å²) in [5, 5.41) is 2.74. The summed E-state index contributed by atoms with van der Waals surface area (Å²) in [6, 6.07) is 0. The summed E-state index contributed by atoms with van der Waals surface area (Å²) in [6.07, 6.45) is 3.22. The number of nitrogens with zero attached hydrogens (tertiary/aromatic N) is 1. The van der Waals surface area contributed by atoms with Gasteiger partial charge in [-0.2, -0.15) is 0 Å². The largest absolute Gasteiger partial charge is 0.353 e. The van der Waals surface area contributed by atoms with Crippen LogP contribution in [0.3, 0.4) is 0 Å². The summed E-state index contributed by atoms with van der Waals surface area (Å²) in [6.45, 7) is 6.09. The van der Waals surface area contributed by atoms with Crippen LogP contribution in [0, 0.1) is 6.92 Å². The Labute approximate surface area is 87.9 Å².